The first kappa shape index (κ1) is 24.6. The van der Waals surface area contributed by atoms with Crippen LogP contribution in [0.1, 0.15) is 39.5 Å². The van der Waals surface area contributed by atoms with Crippen LogP contribution in [0.3, 0.4) is 0 Å². The maximum atomic E-state index is 10.6. The van der Waals surface area contributed by atoms with Gasteiger partial charge in [0, 0.05) is 11.3 Å². The van der Waals surface area contributed by atoms with Crippen LogP contribution < -0.4 is 0 Å². The van der Waals surface area contributed by atoms with E-state index in [2.05, 4.69) is 68.4 Å². The van der Waals surface area contributed by atoms with E-state index in [1.54, 1.807) is 17.8 Å². The number of phenolic OH excluding ortho intramolecular Hbond substituents is 1. The Kier molecular flexibility index (Phi) is 6.86. The lowest BCUT2D eigenvalue weighted by Gasteiger charge is -2.15. The zero-order valence-corrected chi connectivity index (χ0v) is 22.6. The van der Waals surface area contributed by atoms with Crippen LogP contribution in [-0.2, 0) is 0 Å². The van der Waals surface area contributed by atoms with Gasteiger partial charge in [-0.05, 0) is 62.9 Å². The second-order valence-electron chi connectivity index (χ2n) is 9.98. The van der Waals surface area contributed by atoms with Crippen molar-refractivity contribution in [3.63, 3.8) is 0 Å². The molecule has 5 heteroatoms. The lowest BCUT2D eigenvalue weighted by atomic mass is 9.92. The largest absolute Gasteiger partial charge is 0.507 e. The Morgan fingerprint density at radius 2 is 1.39 bits per heavy atom. The number of aromatic nitrogens is 3. The highest BCUT2D eigenvalue weighted by Gasteiger charge is 2.18. The van der Waals surface area contributed by atoms with Crippen molar-refractivity contribution in [2.75, 3.05) is 5.75 Å². The minimum Gasteiger partial charge on any atom is -0.507 e. The predicted octanol–water partition coefficient (Wildman–Crippen LogP) is 9.12. The zero-order chi connectivity index (χ0) is 26.1. The number of rotatable bonds is 9. The molecule has 5 aromatic carbocycles. The Labute approximate surface area is 227 Å². The van der Waals surface area contributed by atoms with Crippen molar-refractivity contribution >= 4 is 44.1 Å². The quantitative estimate of drug-likeness (QED) is 0.153. The smallest absolute Gasteiger partial charge is 0.191 e. The molecule has 1 atom stereocenters. The van der Waals surface area contributed by atoms with Crippen LogP contribution in [-0.4, -0.2) is 25.8 Å². The van der Waals surface area contributed by atoms with Crippen molar-refractivity contribution in [1.82, 2.24) is 15.0 Å². The van der Waals surface area contributed by atoms with Gasteiger partial charge in [0.1, 0.15) is 5.75 Å². The molecule has 0 fully saturated rings. The molecule has 1 N–H and O–H groups in total. The molecule has 0 saturated heterocycles. The van der Waals surface area contributed by atoms with E-state index >= 15 is 0 Å². The van der Waals surface area contributed by atoms with Gasteiger partial charge in [0.25, 0.3) is 0 Å². The van der Waals surface area contributed by atoms with E-state index in [9.17, 15) is 5.11 Å². The van der Waals surface area contributed by atoms with Gasteiger partial charge in [-0.1, -0.05) is 106 Å². The van der Waals surface area contributed by atoms with Gasteiger partial charge in [-0.3, -0.25) is 0 Å². The molecule has 0 amide bonds. The van der Waals surface area contributed by atoms with Crippen LogP contribution in [0.25, 0.3) is 55.1 Å². The molecule has 0 saturated carbocycles. The number of unbranched alkanes of at least 4 members (excludes halogenated alkanes) is 1. The molecule has 6 rings (SSSR count). The lowest BCUT2D eigenvalue weighted by molar-refractivity contribution is 0.476. The molecule has 1 aromatic heterocycles. The number of phenols is 1. The topological polar surface area (TPSA) is 58.9 Å². The Balaban J connectivity index is 1.51. The van der Waals surface area contributed by atoms with Crippen molar-refractivity contribution in [3.05, 3.63) is 78.9 Å². The van der Waals surface area contributed by atoms with Gasteiger partial charge in [0.05, 0.1) is 5.56 Å². The SMILES string of the molecule is CCCCC(CC)CSc1nc(-c2ccccc2O)nc(-c2ccc3ccc4cccc5ccc2c3c45)n1. The second kappa shape index (κ2) is 10.6. The maximum Gasteiger partial charge on any atom is 0.191 e. The highest BCUT2D eigenvalue weighted by atomic mass is 32.2. The molecule has 0 radical (unpaired) electrons. The van der Waals surface area contributed by atoms with E-state index in [0.29, 0.717) is 28.3 Å². The molecule has 0 aliphatic rings. The van der Waals surface area contributed by atoms with E-state index in [4.69, 9.17) is 15.0 Å². The summed E-state index contributed by atoms with van der Waals surface area (Å²) in [6.07, 6.45) is 4.82. The third-order valence-corrected chi connectivity index (χ3v) is 8.60. The minimum atomic E-state index is 0.172. The van der Waals surface area contributed by atoms with Crippen LogP contribution in [0.4, 0.5) is 0 Å². The molecular formula is C33H31N3OS. The molecular weight excluding hydrogens is 486 g/mol. The molecule has 190 valence electrons. The summed E-state index contributed by atoms with van der Waals surface area (Å²) in [6.45, 7) is 4.51. The van der Waals surface area contributed by atoms with Crippen molar-refractivity contribution in [2.24, 2.45) is 5.92 Å². The van der Waals surface area contributed by atoms with E-state index in [1.165, 1.54) is 46.2 Å². The number of benzene rings is 5. The number of nitrogens with zero attached hydrogens (tertiary/aromatic N) is 3. The summed E-state index contributed by atoms with van der Waals surface area (Å²) in [5.74, 6) is 2.91. The Morgan fingerprint density at radius 1 is 0.711 bits per heavy atom. The number of aromatic hydroxyl groups is 1. The highest BCUT2D eigenvalue weighted by molar-refractivity contribution is 7.99. The second-order valence-corrected chi connectivity index (χ2v) is 11.0. The summed E-state index contributed by atoms with van der Waals surface area (Å²) in [7, 11) is 0. The first-order valence-corrected chi connectivity index (χ1v) is 14.5. The van der Waals surface area contributed by atoms with E-state index in [1.807, 2.05) is 18.2 Å². The molecule has 0 spiro atoms. The average molecular weight is 518 g/mol. The van der Waals surface area contributed by atoms with Gasteiger partial charge < -0.3 is 5.11 Å². The summed E-state index contributed by atoms with van der Waals surface area (Å²) in [6, 6.07) is 26.8. The Hall–Kier alpha value is -3.70. The van der Waals surface area contributed by atoms with Crippen LogP contribution in [0, 0.1) is 5.92 Å². The molecule has 4 nitrogen and oxygen atoms in total. The molecule has 0 aliphatic heterocycles. The molecule has 6 aromatic rings. The fourth-order valence-corrected chi connectivity index (χ4v) is 6.43. The first-order chi connectivity index (χ1) is 18.7. The van der Waals surface area contributed by atoms with Crippen LogP contribution in [0.15, 0.2) is 84.0 Å². The molecule has 1 heterocycles. The predicted molar refractivity (Wildman–Crippen MR) is 160 cm³/mol. The molecule has 38 heavy (non-hydrogen) atoms. The molecule has 0 aliphatic carbocycles. The first-order valence-electron chi connectivity index (χ1n) is 13.5. The van der Waals surface area contributed by atoms with Crippen molar-refractivity contribution in [3.8, 4) is 28.5 Å². The monoisotopic (exact) mass is 517 g/mol. The van der Waals surface area contributed by atoms with Crippen molar-refractivity contribution in [2.45, 2.75) is 44.7 Å². The lowest BCUT2D eigenvalue weighted by Crippen LogP contribution is -2.05. The number of para-hydroxylation sites is 1. The fraction of sp³-hybridized carbons (Fsp3) is 0.242. The number of hydrogen-bond donors (Lipinski definition) is 1. The van der Waals surface area contributed by atoms with E-state index in [-0.39, 0.29) is 5.75 Å². The van der Waals surface area contributed by atoms with Gasteiger partial charge in [-0.2, -0.15) is 0 Å². The van der Waals surface area contributed by atoms with E-state index in [0.717, 1.165) is 23.1 Å². The van der Waals surface area contributed by atoms with Gasteiger partial charge in [-0.15, -0.1) is 0 Å². The van der Waals surface area contributed by atoms with Crippen LogP contribution in [0.2, 0.25) is 0 Å². The maximum absolute atomic E-state index is 10.6. The molecule has 1 unspecified atom stereocenters. The van der Waals surface area contributed by atoms with E-state index < -0.39 is 0 Å². The zero-order valence-electron chi connectivity index (χ0n) is 21.8. The summed E-state index contributed by atoms with van der Waals surface area (Å²) in [4.78, 5) is 14.7. The summed E-state index contributed by atoms with van der Waals surface area (Å²) in [5.41, 5.74) is 1.60. The third kappa shape index (κ3) is 4.56. The summed E-state index contributed by atoms with van der Waals surface area (Å²) < 4.78 is 0. The number of thioether (sulfide) groups is 1. The number of hydrogen-bond acceptors (Lipinski definition) is 5. The highest BCUT2D eigenvalue weighted by Crippen LogP contribution is 2.39. The van der Waals surface area contributed by atoms with Crippen molar-refractivity contribution < 1.29 is 5.11 Å². The summed E-state index contributed by atoms with van der Waals surface area (Å²) >= 11 is 1.70. The molecule has 0 bridgehead atoms. The average Bonchev–Trinajstić information content (AvgIpc) is 2.96. The summed E-state index contributed by atoms with van der Waals surface area (Å²) in [5, 5.41) is 18.6. The Morgan fingerprint density at radius 3 is 2.13 bits per heavy atom. The van der Waals surface area contributed by atoms with Crippen molar-refractivity contribution in [1.29, 1.82) is 0 Å². The van der Waals surface area contributed by atoms with Gasteiger partial charge in [0.15, 0.2) is 16.8 Å². The standard InChI is InChI=1S/C33H31N3OS/c1-3-5-9-21(4-2)20-38-33-35-31(34-32(36-33)27-12-6-7-13-28(27)37)26-19-17-24-15-14-22-10-8-11-23-16-18-25(26)30(24)29(22)23/h6-8,10-19,21,37H,3-5,9,20H2,1-2H3. The van der Waals surface area contributed by atoms with Gasteiger partial charge >= 0.3 is 0 Å². The third-order valence-electron chi connectivity index (χ3n) is 7.52. The van der Waals surface area contributed by atoms with Crippen LogP contribution in [0.5, 0.6) is 5.75 Å². The van der Waals surface area contributed by atoms with Crippen LogP contribution >= 0.6 is 11.8 Å². The van der Waals surface area contributed by atoms with Gasteiger partial charge in [0.2, 0.25) is 0 Å². The minimum absolute atomic E-state index is 0.172. The Bertz CT molecular complexity index is 1720. The van der Waals surface area contributed by atoms with Gasteiger partial charge in [-0.25, -0.2) is 15.0 Å². The fourth-order valence-electron chi connectivity index (χ4n) is 5.35. The normalized spacial score (nSPS) is 12.6.